The summed E-state index contributed by atoms with van der Waals surface area (Å²) in [7, 11) is 1.63. The maximum absolute atomic E-state index is 13.5. The van der Waals surface area contributed by atoms with Crippen LogP contribution >= 0.6 is 0 Å². The van der Waals surface area contributed by atoms with Gasteiger partial charge in [0.15, 0.2) is 5.76 Å². The number of hydrogen-bond donors (Lipinski definition) is 1. The average molecular weight is 449 g/mol. The quantitative estimate of drug-likeness (QED) is 0.656. The molecule has 2 aromatic rings. The van der Waals surface area contributed by atoms with Crippen LogP contribution in [0.1, 0.15) is 58.3 Å². The minimum absolute atomic E-state index is 0.108. The molecule has 2 fully saturated rings. The first-order valence-electron chi connectivity index (χ1n) is 12.0. The van der Waals surface area contributed by atoms with Crippen molar-refractivity contribution in [3.8, 4) is 17.2 Å². The fraction of sp³-hybridized carbons (Fsp3) is 0.444. The van der Waals surface area contributed by atoms with Gasteiger partial charge in [-0.05, 0) is 88.1 Å². The molecule has 3 aliphatic rings. The molecule has 0 spiro atoms. The topological polar surface area (TPSA) is 62.2 Å². The smallest absolute Gasteiger partial charge is 0.232 e. The van der Waals surface area contributed by atoms with Gasteiger partial charge >= 0.3 is 0 Å². The summed E-state index contributed by atoms with van der Waals surface area (Å²) < 4.78 is 11.4. The molecule has 0 unspecified atom stereocenters. The van der Waals surface area contributed by atoms with E-state index in [9.17, 15) is 9.90 Å². The lowest BCUT2D eigenvalue weighted by Gasteiger charge is -2.23. The number of nitrogens with zero attached hydrogens (tertiary/aromatic N) is 2. The van der Waals surface area contributed by atoms with Crippen molar-refractivity contribution in [2.24, 2.45) is 0 Å². The van der Waals surface area contributed by atoms with E-state index in [1.165, 1.54) is 12.8 Å². The summed E-state index contributed by atoms with van der Waals surface area (Å²) >= 11 is 0. The fourth-order valence-electron chi connectivity index (χ4n) is 5.22. The van der Waals surface area contributed by atoms with Crippen LogP contribution in [0.3, 0.4) is 0 Å². The molecule has 1 N–H and O–H groups in total. The highest BCUT2D eigenvalue weighted by atomic mass is 16.5. The molecule has 0 atom stereocenters. The Hall–Kier alpha value is -2.83. The van der Waals surface area contributed by atoms with E-state index in [1.54, 1.807) is 13.2 Å². The van der Waals surface area contributed by atoms with Crippen LogP contribution in [-0.2, 0) is 13.1 Å². The normalized spacial score (nSPS) is 19.9. The SMILES string of the molecule is COc1ccc(C=C2Oc3c(CN4CCCC4)c(O)c(CN4CCCC4)c(C)c3C2=O)cc1. The molecule has 0 saturated carbocycles. The predicted octanol–water partition coefficient (Wildman–Crippen LogP) is 4.52. The molecule has 0 aliphatic carbocycles. The fourth-order valence-corrected chi connectivity index (χ4v) is 5.22. The lowest BCUT2D eigenvalue weighted by molar-refractivity contribution is 0.101. The summed E-state index contributed by atoms with van der Waals surface area (Å²) in [6.45, 7) is 7.29. The van der Waals surface area contributed by atoms with Crippen LogP contribution in [0.4, 0.5) is 0 Å². The number of carbonyl (C=O) groups excluding carboxylic acids is 1. The number of ether oxygens (including phenoxy) is 2. The molecule has 0 amide bonds. The van der Waals surface area contributed by atoms with Gasteiger partial charge in [-0.2, -0.15) is 0 Å². The number of aromatic hydroxyl groups is 1. The standard InChI is InChI=1S/C27H32N2O4/c1-18-21(16-28-11-3-4-12-28)25(30)22(17-29-13-5-6-14-29)27-24(18)26(31)23(33-27)15-19-7-9-20(32-2)10-8-19/h7-10,15,30H,3-6,11-14,16-17H2,1-2H3. The first-order chi connectivity index (χ1) is 16.0. The Labute approximate surface area is 195 Å². The van der Waals surface area contributed by atoms with Crippen LogP contribution in [-0.4, -0.2) is 54.0 Å². The highest BCUT2D eigenvalue weighted by molar-refractivity contribution is 6.16. The van der Waals surface area contributed by atoms with E-state index in [4.69, 9.17) is 9.47 Å². The highest BCUT2D eigenvalue weighted by Gasteiger charge is 2.36. The number of phenols is 1. The third-order valence-electron chi connectivity index (χ3n) is 7.14. The van der Waals surface area contributed by atoms with Crippen molar-refractivity contribution in [3.05, 3.63) is 57.8 Å². The number of carbonyl (C=O) groups is 1. The van der Waals surface area contributed by atoms with Crippen molar-refractivity contribution in [3.63, 3.8) is 0 Å². The molecule has 6 nitrogen and oxygen atoms in total. The van der Waals surface area contributed by atoms with E-state index in [-0.39, 0.29) is 5.78 Å². The first-order valence-corrected chi connectivity index (χ1v) is 12.0. The van der Waals surface area contributed by atoms with Crippen molar-refractivity contribution in [1.82, 2.24) is 9.80 Å². The molecule has 3 aliphatic heterocycles. The maximum Gasteiger partial charge on any atom is 0.232 e. The minimum atomic E-state index is -0.108. The lowest BCUT2D eigenvalue weighted by atomic mass is 9.93. The minimum Gasteiger partial charge on any atom is -0.507 e. The summed E-state index contributed by atoms with van der Waals surface area (Å²) in [5.74, 6) is 1.79. The summed E-state index contributed by atoms with van der Waals surface area (Å²) in [6, 6.07) is 7.53. The Balaban J connectivity index is 1.55. The molecule has 6 heteroatoms. The molecule has 5 rings (SSSR count). The molecular weight excluding hydrogens is 416 g/mol. The second-order valence-electron chi connectivity index (χ2n) is 9.31. The average Bonchev–Trinajstić information content (AvgIpc) is 3.58. The van der Waals surface area contributed by atoms with Gasteiger partial charge < -0.3 is 14.6 Å². The number of benzene rings is 2. The van der Waals surface area contributed by atoms with Crippen molar-refractivity contribution < 1.29 is 19.4 Å². The maximum atomic E-state index is 13.5. The van der Waals surface area contributed by atoms with Crippen LogP contribution in [0.25, 0.3) is 6.08 Å². The zero-order valence-corrected chi connectivity index (χ0v) is 19.5. The molecule has 2 aromatic carbocycles. The zero-order valence-electron chi connectivity index (χ0n) is 19.5. The van der Waals surface area contributed by atoms with Crippen LogP contribution in [0.15, 0.2) is 30.0 Å². The first kappa shape index (κ1) is 22.0. The molecule has 0 aromatic heterocycles. The van der Waals surface area contributed by atoms with Crippen LogP contribution in [0.2, 0.25) is 0 Å². The molecule has 2 saturated heterocycles. The third-order valence-corrected chi connectivity index (χ3v) is 7.14. The van der Waals surface area contributed by atoms with Crippen molar-refractivity contribution in [2.75, 3.05) is 33.3 Å². The number of likely N-dealkylation sites (tertiary alicyclic amines) is 2. The van der Waals surface area contributed by atoms with Crippen molar-refractivity contribution >= 4 is 11.9 Å². The highest BCUT2D eigenvalue weighted by Crippen LogP contribution is 2.45. The van der Waals surface area contributed by atoms with Gasteiger partial charge in [-0.25, -0.2) is 0 Å². The zero-order chi connectivity index (χ0) is 22.9. The van der Waals surface area contributed by atoms with Gasteiger partial charge in [0.05, 0.1) is 18.2 Å². The van der Waals surface area contributed by atoms with Crippen LogP contribution < -0.4 is 9.47 Å². The Morgan fingerprint density at radius 2 is 1.55 bits per heavy atom. The molecule has 3 heterocycles. The number of hydrogen-bond acceptors (Lipinski definition) is 6. The van der Waals surface area contributed by atoms with E-state index < -0.39 is 0 Å². The molecular formula is C27H32N2O4. The number of fused-ring (bicyclic) bond motifs is 1. The Bertz CT molecular complexity index is 1080. The molecule has 0 radical (unpaired) electrons. The number of methoxy groups -OCH3 is 1. The second-order valence-corrected chi connectivity index (χ2v) is 9.31. The van der Waals surface area contributed by atoms with Crippen LogP contribution in [0.5, 0.6) is 17.2 Å². The van der Waals surface area contributed by atoms with Gasteiger partial charge in [0.1, 0.15) is 17.2 Å². The lowest BCUT2D eigenvalue weighted by Crippen LogP contribution is -2.22. The number of ketones is 1. The monoisotopic (exact) mass is 448 g/mol. The summed E-state index contributed by atoms with van der Waals surface area (Å²) in [5, 5.41) is 11.4. The van der Waals surface area contributed by atoms with Gasteiger partial charge in [-0.3, -0.25) is 14.6 Å². The Morgan fingerprint density at radius 1 is 0.970 bits per heavy atom. The van der Waals surface area contributed by atoms with Crippen molar-refractivity contribution in [2.45, 2.75) is 45.7 Å². The molecule has 0 bridgehead atoms. The van der Waals surface area contributed by atoms with Crippen molar-refractivity contribution in [1.29, 1.82) is 0 Å². The van der Waals surface area contributed by atoms with Gasteiger partial charge in [0, 0.05) is 18.7 Å². The van der Waals surface area contributed by atoms with E-state index in [0.717, 1.165) is 67.0 Å². The van der Waals surface area contributed by atoms with Crippen LogP contribution in [0, 0.1) is 6.92 Å². The molecule has 33 heavy (non-hydrogen) atoms. The molecule has 174 valence electrons. The van der Waals surface area contributed by atoms with Gasteiger partial charge in [-0.15, -0.1) is 0 Å². The predicted molar refractivity (Wildman–Crippen MR) is 128 cm³/mol. The van der Waals surface area contributed by atoms with E-state index in [2.05, 4.69) is 9.80 Å². The third kappa shape index (κ3) is 4.25. The number of allylic oxidation sites excluding steroid dienone is 1. The summed E-state index contributed by atoms with van der Waals surface area (Å²) in [6.07, 6.45) is 6.47. The summed E-state index contributed by atoms with van der Waals surface area (Å²) in [4.78, 5) is 18.2. The van der Waals surface area contributed by atoms with E-state index >= 15 is 0 Å². The van der Waals surface area contributed by atoms with Gasteiger partial charge in [0.2, 0.25) is 5.78 Å². The Morgan fingerprint density at radius 3 is 2.12 bits per heavy atom. The second kappa shape index (κ2) is 9.20. The number of Topliss-reactive ketones (excluding diaryl/α,β-unsaturated/α-hetero) is 1. The summed E-state index contributed by atoms with van der Waals surface area (Å²) in [5.41, 5.74) is 3.93. The van der Waals surface area contributed by atoms with Gasteiger partial charge in [0.25, 0.3) is 0 Å². The Kier molecular flexibility index (Phi) is 6.13. The number of rotatable bonds is 6. The van der Waals surface area contributed by atoms with E-state index in [0.29, 0.717) is 35.9 Å². The van der Waals surface area contributed by atoms with Gasteiger partial charge in [-0.1, -0.05) is 12.1 Å². The largest absolute Gasteiger partial charge is 0.507 e. The number of phenolic OH excluding ortho intramolecular Hbond substituents is 1. The van der Waals surface area contributed by atoms with E-state index in [1.807, 2.05) is 31.2 Å².